The molecule has 0 saturated heterocycles. The van der Waals surface area contributed by atoms with Crippen molar-refractivity contribution in [2.75, 3.05) is 35.2 Å². The molecule has 184 valence electrons. The zero-order chi connectivity index (χ0) is 25.4. The fourth-order valence-electron chi connectivity index (χ4n) is 3.11. The van der Waals surface area contributed by atoms with E-state index in [2.05, 4.69) is 10.6 Å². The Labute approximate surface area is 204 Å². The van der Waals surface area contributed by atoms with Gasteiger partial charge in [0.2, 0.25) is 5.91 Å². The lowest BCUT2D eigenvalue weighted by atomic mass is 10.2. The molecule has 0 unspecified atom stereocenters. The van der Waals surface area contributed by atoms with Gasteiger partial charge in [0.05, 0.1) is 17.2 Å². The van der Waals surface area contributed by atoms with Crippen molar-refractivity contribution in [2.24, 2.45) is 0 Å². The number of hydrogen-bond donors (Lipinski definition) is 2. The molecule has 9 nitrogen and oxygen atoms in total. The van der Waals surface area contributed by atoms with Crippen LogP contribution in [0, 0.1) is 0 Å². The summed E-state index contributed by atoms with van der Waals surface area (Å²) in [6.45, 7) is 3.54. The Balaban J connectivity index is 1.56. The highest BCUT2D eigenvalue weighted by Gasteiger charge is 2.21. The standard InChI is InChI=1S/C25H27N3O6S/c1-4-33-22-13-15-24(16-14-22)35(31,32)28(3)21-9-11-23(12-10-21)34-17-25(30)27-20-7-5-19(6-8-20)26-18(2)29/h5-16H,4,17H2,1-3H3,(H,26,29)(H,27,30). The summed E-state index contributed by atoms with van der Waals surface area (Å²) in [6, 6.07) is 19.3. The van der Waals surface area contributed by atoms with E-state index in [1.54, 1.807) is 60.7 Å². The van der Waals surface area contributed by atoms with Gasteiger partial charge in [0.25, 0.3) is 15.9 Å². The van der Waals surface area contributed by atoms with Crippen LogP contribution in [-0.2, 0) is 19.6 Å². The van der Waals surface area contributed by atoms with Gasteiger partial charge in [-0.2, -0.15) is 0 Å². The van der Waals surface area contributed by atoms with Gasteiger partial charge in [0.15, 0.2) is 6.61 Å². The summed E-state index contributed by atoms with van der Waals surface area (Å²) in [4.78, 5) is 23.4. The summed E-state index contributed by atoms with van der Waals surface area (Å²) in [5.74, 6) is 0.469. The van der Waals surface area contributed by atoms with Crippen LogP contribution in [0.4, 0.5) is 17.1 Å². The first-order chi connectivity index (χ1) is 16.7. The van der Waals surface area contributed by atoms with Crippen molar-refractivity contribution < 1.29 is 27.5 Å². The van der Waals surface area contributed by atoms with E-state index in [9.17, 15) is 18.0 Å². The Bertz CT molecular complexity index is 1260. The monoisotopic (exact) mass is 497 g/mol. The number of hydrogen-bond acceptors (Lipinski definition) is 6. The van der Waals surface area contributed by atoms with E-state index in [4.69, 9.17) is 9.47 Å². The smallest absolute Gasteiger partial charge is 0.264 e. The maximum Gasteiger partial charge on any atom is 0.264 e. The van der Waals surface area contributed by atoms with Crippen molar-refractivity contribution in [3.63, 3.8) is 0 Å². The third-order valence-corrected chi connectivity index (χ3v) is 6.65. The number of carbonyl (C=O) groups is 2. The van der Waals surface area contributed by atoms with E-state index in [1.807, 2.05) is 6.92 Å². The van der Waals surface area contributed by atoms with Crippen LogP contribution < -0.4 is 24.4 Å². The summed E-state index contributed by atoms with van der Waals surface area (Å²) in [5, 5.41) is 5.35. The zero-order valence-electron chi connectivity index (χ0n) is 19.6. The van der Waals surface area contributed by atoms with Crippen LogP contribution in [0.1, 0.15) is 13.8 Å². The number of carbonyl (C=O) groups excluding carboxylic acids is 2. The Morgan fingerprint density at radius 3 is 1.86 bits per heavy atom. The maximum absolute atomic E-state index is 12.9. The number of sulfonamides is 1. The number of nitrogens with one attached hydrogen (secondary N) is 2. The molecule has 3 aromatic rings. The second-order valence-corrected chi connectivity index (χ2v) is 9.44. The van der Waals surface area contributed by atoms with Crippen molar-refractivity contribution in [1.82, 2.24) is 0 Å². The summed E-state index contributed by atoms with van der Waals surface area (Å²) >= 11 is 0. The molecule has 0 fully saturated rings. The quantitative estimate of drug-likeness (QED) is 0.439. The fraction of sp³-hybridized carbons (Fsp3) is 0.200. The average Bonchev–Trinajstić information content (AvgIpc) is 2.84. The molecule has 0 aromatic heterocycles. The van der Waals surface area contributed by atoms with Gasteiger partial charge in [0.1, 0.15) is 11.5 Å². The van der Waals surface area contributed by atoms with Crippen LogP contribution in [0.3, 0.4) is 0 Å². The molecule has 3 rings (SSSR count). The third-order valence-electron chi connectivity index (χ3n) is 4.85. The Morgan fingerprint density at radius 2 is 1.31 bits per heavy atom. The highest BCUT2D eigenvalue weighted by molar-refractivity contribution is 7.92. The highest BCUT2D eigenvalue weighted by atomic mass is 32.2. The van der Waals surface area contributed by atoms with Gasteiger partial charge in [-0.05, 0) is 79.7 Å². The Morgan fingerprint density at radius 1 is 0.800 bits per heavy atom. The van der Waals surface area contributed by atoms with Crippen LogP contribution in [-0.4, -0.2) is 40.5 Å². The minimum Gasteiger partial charge on any atom is -0.494 e. The molecule has 0 spiro atoms. The SMILES string of the molecule is CCOc1ccc(S(=O)(=O)N(C)c2ccc(OCC(=O)Nc3ccc(NC(C)=O)cc3)cc2)cc1. The molecule has 0 bridgehead atoms. The van der Waals surface area contributed by atoms with Gasteiger partial charge in [-0.25, -0.2) is 8.42 Å². The molecule has 2 N–H and O–H groups in total. The highest BCUT2D eigenvalue weighted by Crippen LogP contribution is 2.25. The van der Waals surface area contributed by atoms with E-state index >= 15 is 0 Å². The summed E-state index contributed by atoms with van der Waals surface area (Å²) in [5.41, 5.74) is 1.63. The number of anilines is 3. The lowest BCUT2D eigenvalue weighted by Crippen LogP contribution is -2.26. The minimum absolute atomic E-state index is 0.144. The summed E-state index contributed by atoms with van der Waals surface area (Å²) < 4.78 is 37.9. The predicted octanol–water partition coefficient (Wildman–Crippen LogP) is 3.89. The zero-order valence-corrected chi connectivity index (χ0v) is 20.5. The van der Waals surface area contributed by atoms with Gasteiger partial charge in [-0.1, -0.05) is 0 Å². The molecule has 2 amide bonds. The second kappa shape index (κ2) is 11.4. The van der Waals surface area contributed by atoms with Gasteiger partial charge in [-0.3, -0.25) is 13.9 Å². The first-order valence-corrected chi connectivity index (χ1v) is 12.2. The normalized spacial score (nSPS) is 10.8. The van der Waals surface area contributed by atoms with Gasteiger partial charge >= 0.3 is 0 Å². The second-order valence-electron chi connectivity index (χ2n) is 7.47. The number of ether oxygens (including phenoxy) is 2. The minimum atomic E-state index is -3.76. The number of rotatable bonds is 10. The first kappa shape index (κ1) is 25.6. The maximum atomic E-state index is 12.9. The molecule has 3 aromatic carbocycles. The Kier molecular flexibility index (Phi) is 8.32. The van der Waals surface area contributed by atoms with Crippen molar-refractivity contribution in [3.05, 3.63) is 72.8 Å². The van der Waals surface area contributed by atoms with E-state index in [0.717, 1.165) is 0 Å². The summed E-state index contributed by atoms with van der Waals surface area (Å²) in [6.07, 6.45) is 0. The number of benzene rings is 3. The lowest BCUT2D eigenvalue weighted by Gasteiger charge is -2.20. The van der Waals surface area contributed by atoms with Gasteiger partial charge in [0, 0.05) is 25.3 Å². The van der Waals surface area contributed by atoms with Crippen molar-refractivity contribution >= 4 is 38.9 Å². The van der Waals surface area contributed by atoms with E-state index in [-0.39, 0.29) is 23.3 Å². The predicted molar refractivity (Wildman–Crippen MR) is 135 cm³/mol. The lowest BCUT2D eigenvalue weighted by molar-refractivity contribution is -0.118. The number of nitrogens with zero attached hydrogens (tertiary/aromatic N) is 1. The topological polar surface area (TPSA) is 114 Å². The van der Waals surface area contributed by atoms with Crippen LogP contribution in [0.2, 0.25) is 0 Å². The average molecular weight is 498 g/mol. The largest absolute Gasteiger partial charge is 0.494 e. The van der Waals surface area contributed by atoms with Gasteiger partial charge < -0.3 is 20.1 Å². The molecule has 0 heterocycles. The molecule has 0 aliphatic heterocycles. The van der Waals surface area contributed by atoms with E-state index in [1.165, 1.54) is 30.4 Å². The molecule has 0 atom stereocenters. The van der Waals surface area contributed by atoms with Crippen LogP contribution in [0.25, 0.3) is 0 Å². The molecule has 0 aliphatic carbocycles. The van der Waals surface area contributed by atoms with Gasteiger partial charge in [-0.15, -0.1) is 0 Å². The third kappa shape index (κ3) is 6.97. The molecule has 0 aliphatic rings. The first-order valence-electron chi connectivity index (χ1n) is 10.8. The molecule has 0 radical (unpaired) electrons. The van der Waals surface area contributed by atoms with Crippen LogP contribution in [0.15, 0.2) is 77.7 Å². The molecular weight excluding hydrogens is 470 g/mol. The molecule has 0 saturated carbocycles. The van der Waals surface area contributed by atoms with E-state index in [0.29, 0.717) is 35.2 Å². The van der Waals surface area contributed by atoms with Crippen molar-refractivity contribution in [3.8, 4) is 11.5 Å². The van der Waals surface area contributed by atoms with Crippen molar-refractivity contribution in [1.29, 1.82) is 0 Å². The van der Waals surface area contributed by atoms with E-state index < -0.39 is 10.0 Å². The molecular formula is C25H27N3O6S. The van der Waals surface area contributed by atoms with Crippen LogP contribution >= 0.6 is 0 Å². The summed E-state index contributed by atoms with van der Waals surface area (Å²) in [7, 11) is -2.29. The number of amides is 2. The van der Waals surface area contributed by atoms with Crippen LogP contribution in [0.5, 0.6) is 11.5 Å². The molecule has 10 heteroatoms. The molecule has 35 heavy (non-hydrogen) atoms. The van der Waals surface area contributed by atoms with Crippen molar-refractivity contribution in [2.45, 2.75) is 18.7 Å². The Hall–Kier alpha value is -4.05. The fourth-order valence-corrected chi connectivity index (χ4v) is 4.31.